The fourth-order valence-electron chi connectivity index (χ4n) is 1.43. The van der Waals surface area contributed by atoms with Crippen LogP contribution in [-0.4, -0.2) is 12.1 Å². The van der Waals surface area contributed by atoms with Crippen molar-refractivity contribution in [3.05, 3.63) is 46.6 Å². The highest BCUT2D eigenvalue weighted by molar-refractivity contribution is 9.10. The van der Waals surface area contributed by atoms with Crippen LogP contribution in [0.2, 0.25) is 0 Å². The highest BCUT2D eigenvalue weighted by atomic mass is 79.9. The Morgan fingerprint density at radius 3 is 2.78 bits per heavy atom. The minimum atomic E-state index is 0.535. The number of nitrogens with one attached hydrogen (secondary N) is 1. The van der Waals surface area contributed by atoms with Gasteiger partial charge in [-0.3, -0.25) is 0 Å². The maximum Gasteiger partial charge on any atom is 0.130 e. The van der Waals surface area contributed by atoms with Crippen molar-refractivity contribution in [1.29, 1.82) is 5.26 Å². The van der Waals surface area contributed by atoms with E-state index in [-0.39, 0.29) is 0 Å². The first-order valence-corrected chi connectivity index (χ1v) is 5.98. The molecule has 0 unspecified atom stereocenters. The molecule has 1 aromatic heterocycles. The second-order valence-corrected chi connectivity index (χ2v) is 4.46. The fourth-order valence-corrected chi connectivity index (χ4v) is 1.91. The third-order valence-corrected chi connectivity index (χ3v) is 2.73. The van der Waals surface area contributed by atoms with Crippen LogP contribution >= 0.6 is 15.9 Å². The van der Waals surface area contributed by atoms with Crippen LogP contribution in [0, 0.1) is 11.3 Å². The van der Waals surface area contributed by atoms with Gasteiger partial charge in [0.2, 0.25) is 0 Å². The predicted molar refractivity (Wildman–Crippen MR) is 72.9 cm³/mol. The quantitative estimate of drug-likeness (QED) is 0.943. The van der Waals surface area contributed by atoms with E-state index in [1.807, 2.05) is 24.3 Å². The first-order chi connectivity index (χ1) is 8.71. The number of benzene rings is 1. The van der Waals surface area contributed by atoms with E-state index in [0.29, 0.717) is 11.4 Å². The number of hydrogen-bond donors (Lipinski definition) is 1. The Kier molecular flexibility index (Phi) is 3.80. The summed E-state index contributed by atoms with van der Waals surface area (Å²) in [4.78, 5) is 4.14. The van der Waals surface area contributed by atoms with Gasteiger partial charge in [-0.05, 0) is 24.3 Å². The van der Waals surface area contributed by atoms with Gasteiger partial charge in [0.25, 0.3) is 0 Å². The number of halogens is 1. The Labute approximate surface area is 113 Å². The van der Waals surface area contributed by atoms with Crippen LogP contribution in [0.1, 0.15) is 5.56 Å². The lowest BCUT2D eigenvalue weighted by Gasteiger charge is -2.08. The second kappa shape index (κ2) is 5.52. The average molecular weight is 304 g/mol. The van der Waals surface area contributed by atoms with Gasteiger partial charge in [-0.2, -0.15) is 5.26 Å². The summed E-state index contributed by atoms with van der Waals surface area (Å²) in [7, 11) is 1.62. The van der Waals surface area contributed by atoms with E-state index in [1.165, 1.54) is 6.20 Å². The van der Waals surface area contributed by atoms with Gasteiger partial charge in [-0.15, -0.1) is 0 Å². The lowest BCUT2D eigenvalue weighted by Crippen LogP contribution is -1.94. The maximum absolute atomic E-state index is 8.69. The summed E-state index contributed by atoms with van der Waals surface area (Å²) in [5, 5.41) is 11.8. The molecule has 0 atom stereocenters. The number of rotatable bonds is 3. The van der Waals surface area contributed by atoms with Gasteiger partial charge in [0.15, 0.2) is 0 Å². The van der Waals surface area contributed by atoms with Gasteiger partial charge < -0.3 is 10.1 Å². The lowest BCUT2D eigenvalue weighted by molar-refractivity contribution is 0.415. The SMILES string of the molecule is COc1cc(Br)cc(Nc2ccc(C#N)cn2)c1. The summed E-state index contributed by atoms with van der Waals surface area (Å²) in [6, 6.07) is 11.2. The van der Waals surface area contributed by atoms with Gasteiger partial charge in [0.1, 0.15) is 17.6 Å². The van der Waals surface area contributed by atoms with E-state index in [9.17, 15) is 0 Å². The molecule has 0 spiro atoms. The van der Waals surface area contributed by atoms with Crippen LogP contribution in [0.25, 0.3) is 0 Å². The zero-order chi connectivity index (χ0) is 13.0. The minimum absolute atomic E-state index is 0.535. The minimum Gasteiger partial charge on any atom is -0.497 e. The van der Waals surface area contributed by atoms with Gasteiger partial charge in [0.05, 0.1) is 12.7 Å². The summed E-state index contributed by atoms with van der Waals surface area (Å²) in [6.45, 7) is 0. The molecule has 0 aliphatic carbocycles. The third-order valence-electron chi connectivity index (χ3n) is 2.27. The smallest absolute Gasteiger partial charge is 0.130 e. The summed E-state index contributed by atoms with van der Waals surface area (Å²) in [6.07, 6.45) is 1.53. The maximum atomic E-state index is 8.69. The number of nitrogens with zero attached hydrogens (tertiary/aromatic N) is 2. The van der Waals surface area contributed by atoms with Crippen LogP contribution in [0.4, 0.5) is 11.5 Å². The molecule has 1 heterocycles. The Morgan fingerprint density at radius 1 is 1.33 bits per heavy atom. The Morgan fingerprint density at radius 2 is 2.17 bits per heavy atom. The second-order valence-electron chi connectivity index (χ2n) is 3.55. The molecule has 0 fully saturated rings. The summed E-state index contributed by atoms with van der Waals surface area (Å²) in [5.74, 6) is 1.43. The number of ether oxygens (including phenoxy) is 1. The van der Waals surface area contributed by atoms with Crippen molar-refractivity contribution in [1.82, 2.24) is 4.98 Å². The van der Waals surface area contributed by atoms with Crippen molar-refractivity contribution in [3.8, 4) is 11.8 Å². The molecule has 0 bridgehead atoms. The number of pyridine rings is 1. The van der Waals surface area contributed by atoms with Crippen LogP contribution in [-0.2, 0) is 0 Å². The van der Waals surface area contributed by atoms with Crippen LogP contribution in [0.15, 0.2) is 41.0 Å². The molecule has 2 rings (SSSR count). The van der Waals surface area contributed by atoms with E-state index in [4.69, 9.17) is 10.00 Å². The molecule has 0 amide bonds. The highest BCUT2D eigenvalue weighted by Crippen LogP contribution is 2.26. The molecular formula is C13H10BrN3O. The van der Waals surface area contributed by atoms with Crippen LogP contribution in [0.5, 0.6) is 5.75 Å². The number of methoxy groups -OCH3 is 1. The monoisotopic (exact) mass is 303 g/mol. The molecule has 0 saturated carbocycles. The first kappa shape index (κ1) is 12.4. The number of anilines is 2. The zero-order valence-electron chi connectivity index (χ0n) is 9.64. The highest BCUT2D eigenvalue weighted by Gasteiger charge is 2.01. The van der Waals surface area contributed by atoms with E-state index in [0.717, 1.165) is 15.9 Å². The summed E-state index contributed by atoms with van der Waals surface area (Å²) >= 11 is 3.41. The standard InChI is InChI=1S/C13H10BrN3O/c1-18-12-5-10(14)4-11(6-12)17-13-3-2-9(7-15)8-16-13/h2-6,8H,1H3,(H,16,17). The van der Waals surface area contributed by atoms with Gasteiger partial charge in [-0.25, -0.2) is 4.98 Å². The summed E-state index contributed by atoms with van der Waals surface area (Å²) in [5.41, 5.74) is 1.39. The fraction of sp³-hybridized carbons (Fsp3) is 0.0769. The molecule has 18 heavy (non-hydrogen) atoms. The summed E-state index contributed by atoms with van der Waals surface area (Å²) < 4.78 is 6.09. The molecule has 4 nitrogen and oxygen atoms in total. The predicted octanol–water partition coefficient (Wildman–Crippen LogP) is 3.47. The molecule has 90 valence electrons. The molecular weight excluding hydrogens is 294 g/mol. The van der Waals surface area contributed by atoms with E-state index >= 15 is 0 Å². The van der Waals surface area contributed by atoms with Crippen molar-refractivity contribution in [2.75, 3.05) is 12.4 Å². The Bertz CT molecular complexity index is 590. The number of aromatic nitrogens is 1. The largest absolute Gasteiger partial charge is 0.497 e. The first-order valence-electron chi connectivity index (χ1n) is 5.19. The average Bonchev–Trinajstić information content (AvgIpc) is 2.39. The molecule has 1 aromatic carbocycles. The van der Waals surface area contributed by atoms with Gasteiger partial charge in [0, 0.05) is 22.4 Å². The molecule has 0 saturated heterocycles. The molecule has 2 aromatic rings. The normalized spacial score (nSPS) is 9.61. The van der Waals surface area contributed by atoms with Crippen molar-refractivity contribution < 1.29 is 4.74 Å². The zero-order valence-corrected chi connectivity index (χ0v) is 11.2. The Balaban J connectivity index is 2.22. The van der Waals surface area contributed by atoms with Crippen molar-refractivity contribution >= 4 is 27.4 Å². The molecule has 0 aliphatic rings. The van der Waals surface area contributed by atoms with Gasteiger partial charge >= 0.3 is 0 Å². The number of hydrogen-bond acceptors (Lipinski definition) is 4. The van der Waals surface area contributed by atoms with E-state index in [2.05, 4.69) is 26.2 Å². The van der Waals surface area contributed by atoms with Crippen molar-refractivity contribution in [2.45, 2.75) is 0 Å². The van der Waals surface area contributed by atoms with Crippen LogP contribution < -0.4 is 10.1 Å². The third kappa shape index (κ3) is 2.99. The topological polar surface area (TPSA) is 57.9 Å². The molecule has 5 heteroatoms. The molecule has 0 aliphatic heterocycles. The van der Waals surface area contributed by atoms with Gasteiger partial charge in [-0.1, -0.05) is 15.9 Å². The van der Waals surface area contributed by atoms with Crippen molar-refractivity contribution in [2.24, 2.45) is 0 Å². The van der Waals surface area contributed by atoms with Crippen molar-refractivity contribution in [3.63, 3.8) is 0 Å². The van der Waals surface area contributed by atoms with E-state index < -0.39 is 0 Å². The molecule has 0 radical (unpaired) electrons. The number of nitriles is 1. The lowest BCUT2D eigenvalue weighted by atomic mass is 10.3. The van der Waals surface area contributed by atoms with E-state index in [1.54, 1.807) is 19.2 Å². The Hall–Kier alpha value is -2.06. The van der Waals surface area contributed by atoms with Crippen LogP contribution in [0.3, 0.4) is 0 Å². The molecule has 1 N–H and O–H groups in total.